The maximum atomic E-state index is 11.0. The van der Waals surface area contributed by atoms with Gasteiger partial charge in [-0.2, -0.15) is 0 Å². The number of benzene rings is 1. The number of rotatable bonds is 2. The molecule has 0 aliphatic carbocycles. The second-order valence-corrected chi connectivity index (χ2v) is 3.68. The van der Waals surface area contributed by atoms with E-state index < -0.39 is 15.0 Å². The van der Waals surface area contributed by atoms with Crippen LogP contribution in [0.5, 0.6) is 0 Å². The van der Waals surface area contributed by atoms with Crippen molar-refractivity contribution in [3.63, 3.8) is 0 Å². The van der Waals surface area contributed by atoms with Gasteiger partial charge < -0.3 is 18.8 Å². The predicted molar refractivity (Wildman–Crippen MR) is 44.3 cm³/mol. The first-order valence-electron chi connectivity index (χ1n) is 3.44. The molecule has 6 heteroatoms. The van der Waals surface area contributed by atoms with Crippen LogP contribution in [0.25, 0.3) is 0 Å². The number of carbonyl (C=O) groups is 1. The molecule has 0 aromatic heterocycles. The minimum atomic E-state index is -4.75. The molecule has 0 aliphatic rings. The zero-order valence-corrected chi connectivity index (χ0v) is 7.54. The highest BCUT2D eigenvalue weighted by atomic mass is 28.4. The van der Waals surface area contributed by atoms with E-state index in [0.717, 1.165) is 0 Å². The van der Waals surface area contributed by atoms with E-state index >= 15 is 0 Å². The maximum absolute atomic E-state index is 11.0. The quantitative estimate of drug-likeness (QED) is 0.547. The molecule has 0 radical (unpaired) electrons. The lowest BCUT2D eigenvalue weighted by Crippen LogP contribution is -2.41. The normalized spacial score (nSPS) is 11.0. The summed E-state index contributed by atoms with van der Waals surface area (Å²) in [5.74, 6) is -0.959. The standard InChI is InChI=1S/C7H8O5Si/c8-7(12-13(9,10)11)6-4-2-1-3-5-6/h1-5,9-11H. The van der Waals surface area contributed by atoms with Crippen molar-refractivity contribution in [1.82, 2.24) is 0 Å². The summed E-state index contributed by atoms with van der Waals surface area (Å²) >= 11 is 0. The largest absolute Gasteiger partial charge is 0.743 e. The van der Waals surface area contributed by atoms with Crippen molar-refractivity contribution in [3.05, 3.63) is 35.9 Å². The van der Waals surface area contributed by atoms with Gasteiger partial charge in [-0.3, -0.25) is 0 Å². The van der Waals surface area contributed by atoms with E-state index in [1.807, 2.05) is 0 Å². The summed E-state index contributed by atoms with van der Waals surface area (Å²) in [6, 6.07) is 7.74. The van der Waals surface area contributed by atoms with E-state index in [-0.39, 0.29) is 5.56 Å². The Hall–Kier alpha value is -1.21. The van der Waals surface area contributed by atoms with Crippen molar-refractivity contribution >= 4 is 15.0 Å². The van der Waals surface area contributed by atoms with Gasteiger partial charge in [0.05, 0.1) is 5.56 Å². The van der Waals surface area contributed by atoms with Crippen molar-refractivity contribution in [1.29, 1.82) is 0 Å². The molecule has 1 rings (SSSR count). The molecule has 70 valence electrons. The minimum absolute atomic E-state index is 0.150. The Morgan fingerprint density at radius 2 is 1.69 bits per heavy atom. The molecule has 0 spiro atoms. The van der Waals surface area contributed by atoms with Crippen molar-refractivity contribution in [3.8, 4) is 0 Å². The first kappa shape index (κ1) is 9.87. The minimum Gasteiger partial charge on any atom is -0.448 e. The van der Waals surface area contributed by atoms with E-state index in [1.54, 1.807) is 18.2 Å². The average Bonchev–Trinajstić information content (AvgIpc) is 2.03. The molecule has 5 nitrogen and oxygen atoms in total. The van der Waals surface area contributed by atoms with Crippen LogP contribution in [0, 0.1) is 0 Å². The monoisotopic (exact) mass is 200 g/mol. The summed E-state index contributed by atoms with van der Waals surface area (Å²) in [4.78, 5) is 36.4. The highest BCUT2D eigenvalue weighted by Gasteiger charge is 2.36. The topological polar surface area (TPSA) is 87.0 Å². The van der Waals surface area contributed by atoms with Crippen LogP contribution < -0.4 is 0 Å². The van der Waals surface area contributed by atoms with Crippen molar-refractivity contribution in [2.45, 2.75) is 0 Å². The fourth-order valence-corrected chi connectivity index (χ4v) is 1.12. The zero-order valence-electron chi connectivity index (χ0n) is 6.54. The number of carbonyl (C=O) groups excluding carboxylic acids is 1. The summed E-state index contributed by atoms with van der Waals surface area (Å²) in [5, 5.41) is 0. The lowest BCUT2D eigenvalue weighted by atomic mass is 10.2. The van der Waals surface area contributed by atoms with Gasteiger partial charge in [0.2, 0.25) is 0 Å². The van der Waals surface area contributed by atoms with E-state index in [2.05, 4.69) is 4.43 Å². The van der Waals surface area contributed by atoms with Crippen LogP contribution in [-0.4, -0.2) is 29.4 Å². The second kappa shape index (κ2) is 3.67. The fourth-order valence-electron chi connectivity index (χ4n) is 0.758. The zero-order chi connectivity index (χ0) is 9.90. The van der Waals surface area contributed by atoms with E-state index in [1.165, 1.54) is 12.1 Å². The molecule has 3 N–H and O–H groups in total. The van der Waals surface area contributed by atoms with Gasteiger partial charge >= 0.3 is 15.0 Å². The average molecular weight is 200 g/mol. The Labute approximate surface area is 75.3 Å². The molecule has 0 amide bonds. The van der Waals surface area contributed by atoms with Gasteiger partial charge in [-0.25, -0.2) is 4.79 Å². The molecule has 1 aromatic carbocycles. The van der Waals surface area contributed by atoms with Gasteiger partial charge in [-0.05, 0) is 12.1 Å². The Balaban J connectivity index is 2.71. The molecule has 0 unspecified atom stereocenters. The summed E-state index contributed by atoms with van der Waals surface area (Å²) in [5.41, 5.74) is 0.150. The Bertz CT molecular complexity index is 292. The smallest absolute Gasteiger partial charge is 0.448 e. The predicted octanol–water partition coefficient (Wildman–Crippen LogP) is -0.744. The number of hydrogen-bond acceptors (Lipinski definition) is 5. The van der Waals surface area contributed by atoms with Gasteiger partial charge in [-0.1, -0.05) is 18.2 Å². The summed E-state index contributed by atoms with van der Waals surface area (Å²) in [6.07, 6.45) is 0. The molecule has 0 bridgehead atoms. The van der Waals surface area contributed by atoms with Gasteiger partial charge in [0.15, 0.2) is 0 Å². The van der Waals surface area contributed by atoms with Gasteiger partial charge in [0, 0.05) is 0 Å². The molecule has 0 heterocycles. The summed E-state index contributed by atoms with van der Waals surface area (Å²) in [6.45, 7) is 0. The Morgan fingerprint density at radius 3 is 2.15 bits per heavy atom. The van der Waals surface area contributed by atoms with Gasteiger partial charge in [0.25, 0.3) is 0 Å². The highest BCUT2D eigenvalue weighted by Crippen LogP contribution is 2.03. The molecular formula is C7H8O5Si. The first-order valence-corrected chi connectivity index (χ1v) is 5.19. The molecular weight excluding hydrogens is 192 g/mol. The maximum Gasteiger partial charge on any atom is 0.743 e. The van der Waals surface area contributed by atoms with Gasteiger partial charge in [0.1, 0.15) is 0 Å². The summed E-state index contributed by atoms with van der Waals surface area (Å²) in [7, 11) is -4.75. The van der Waals surface area contributed by atoms with Crippen molar-refractivity contribution in [2.24, 2.45) is 0 Å². The molecule has 0 atom stereocenters. The fraction of sp³-hybridized carbons (Fsp3) is 0. The van der Waals surface area contributed by atoms with Crippen LogP contribution in [0.1, 0.15) is 10.4 Å². The van der Waals surface area contributed by atoms with Crippen LogP contribution in [0.4, 0.5) is 0 Å². The molecule has 0 saturated heterocycles. The van der Waals surface area contributed by atoms with E-state index in [0.29, 0.717) is 0 Å². The van der Waals surface area contributed by atoms with Crippen LogP contribution >= 0.6 is 0 Å². The third kappa shape index (κ3) is 3.34. The molecule has 13 heavy (non-hydrogen) atoms. The van der Waals surface area contributed by atoms with Crippen LogP contribution in [0.15, 0.2) is 30.3 Å². The number of hydrogen-bond donors (Lipinski definition) is 3. The highest BCUT2D eigenvalue weighted by molar-refractivity contribution is 6.51. The lowest BCUT2D eigenvalue weighted by molar-refractivity contribution is 0.0400. The molecule has 0 aliphatic heterocycles. The van der Waals surface area contributed by atoms with Crippen LogP contribution in [-0.2, 0) is 4.43 Å². The second-order valence-electron chi connectivity index (χ2n) is 2.33. The molecule has 0 fully saturated rings. The Morgan fingerprint density at radius 1 is 1.15 bits per heavy atom. The first-order chi connectivity index (χ1) is 5.99. The van der Waals surface area contributed by atoms with Crippen LogP contribution in [0.3, 0.4) is 0 Å². The Kier molecular flexibility index (Phi) is 2.78. The molecule has 1 aromatic rings. The summed E-state index contributed by atoms with van der Waals surface area (Å²) < 4.78 is 3.99. The van der Waals surface area contributed by atoms with E-state index in [9.17, 15) is 4.79 Å². The lowest BCUT2D eigenvalue weighted by Gasteiger charge is -2.09. The third-order valence-electron chi connectivity index (χ3n) is 1.24. The van der Waals surface area contributed by atoms with E-state index in [4.69, 9.17) is 14.4 Å². The SMILES string of the molecule is O=C(O[Si](O)(O)O)c1ccccc1. The van der Waals surface area contributed by atoms with Crippen LogP contribution in [0.2, 0.25) is 0 Å². The van der Waals surface area contributed by atoms with Crippen molar-refractivity contribution < 1.29 is 23.6 Å². The van der Waals surface area contributed by atoms with Gasteiger partial charge in [-0.15, -0.1) is 0 Å². The molecule has 0 saturated carbocycles. The van der Waals surface area contributed by atoms with Crippen molar-refractivity contribution in [2.75, 3.05) is 0 Å². The third-order valence-corrected chi connectivity index (χ3v) is 1.70.